The molecule has 0 aliphatic carbocycles. The Hall–Kier alpha value is -1.06. The van der Waals surface area contributed by atoms with Gasteiger partial charge in [0.15, 0.2) is 0 Å². The summed E-state index contributed by atoms with van der Waals surface area (Å²) in [6.07, 6.45) is 9.50. The maximum absolute atomic E-state index is 12.7. The predicted octanol–water partition coefficient (Wildman–Crippen LogP) is 2.82. The monoisotopic (exact) mass is 294 g/mol. The number of hydrogen-bond acceptors (Lipinski definition) is 2. The molecule has 2 aliphatic heterocycles. The van der Waals surface area contributed by atoms with E-state index in [1.165, 1.54) is 19.3 Å². The molecule has 2 fully saturated rings. The second kappa shape index (κ2) is 8.40. The molecule has 2 heterocycles. The lowest BCUT2D eigenvalue weighted by atomic mass is 9.95. The summed E-state index contributed by atoms with van der Waals surface area (Å²) in [4.78, 5) is 28.8. The molecule has 0 radical (unpaired) electrons. The zero-order valence-corrected chi connectivity index (χ0v) is 13.5. The van der Waals surface area contributed by atoms with Gasteiger partial charge in [-0.15, -0.1) is 0 Å². The molecule has 0 aromatic heterocycles. The molecule has 21 heavy (non-hydrogen) atoms. The van der Waals surface area contributed by atoms with Crippen LogP contribution in [0.15, 0.2) is 0 Å². The van der Waals surface area contributed by atoms with Crippen molar-refractivity contribution >= 4 is 11.8 Å². The third-order valence-electron chi connectivity index (χ3n) is 4.75. The van der Waals surface area contributed by atoms with Gasteiger partial charge in [0, 0.05) is 32.6 Å². The topological polar surface area (TPSA) is 40.6 Å². The van der Waals surface area contributed by atoms with Crippen LogP contribution >= 0.6 is 0 Å². The van der Waals surface area contributed by atoms with E-state index in [4.69, 9.17) is 0 Å². The van der Waals surface area contributed by atoms with Gasteiger partial charge in [-0.05, 0) is 32.1 Å². The SMILES string of the molecule is CCCC(=O)N1CCCC(C(=O)N2CCCCCCC2)C1. The molecular weight excluding hydrogens is 264 g/mol. The number of carbonyl (C=O) groups excluding carboxylic acids is 2. The summed E-state index contributed by atoms with van der Waals surface area (Å²) in [5.41, 5.74) is 0. The van der Waals surface area contributed by atoms with E-state index in [-0.39, 0.29) is 11.8 Å². The smallest absolute Gasteiger partial charge is 0.227 e. The molecule has 0 N–H and O–H groups in total. The first-order valence-electron chi connectivity index (χ1n) is 8.79. The summed E-state index contributed by atoms with van der Waals surface area (Å²) in [7, 11) is 0. The number of rotatable bonds is 3. The van der Waals surface area contributed by atoms with Crippen LogP contribution in [0.1, 0.15) is 64.7 Å². The first-order valence-corrected chi connectivity index (χ1v) is 8.79. The van der Waals surface area contributed by atoms with E-state index in [9.17, 15) is 9.59 Å². The highest BCUT2D eigenvalue weighted by atomic mass is 16.2. The molecule has 4 nitrogen and oxygen atoms in total. The first kappa shape index (κ1) is 16.3. The van der Waals surface area contributed by atoms with Crippen LogP contribution in [-0.4, -0.2) is 47.8 Å². The molecule has 0 aromatic carbocycles. The lowest BCUT2D eigenvalue weighted by Crippen LogP contribution is -2.47. The molecule has 0 saturated carbocycles. The minimum Gasteiger partial charge on any atom is -0.342 e. The van der Waals surface area contributed by atoms with E-state index in [0.717, 1.165) is 51.7 Å². The highest BCUT2D eigenvalue weighted by Crippen LogP contribution is 2.21. The zero-order valence-electron chi connectivity index (χ0n) is 13.5. The molecule has 1 unspecified atom stereocenters. The second-order valence-electron chi connectivity index (χ2n) is 6.52. The summed E-state index contributed by atoms with van der Waals surface area (Å²) in [6.45, 7) is 5.35. The fraction of sp³-hybridized carbons (Fsp3) is 0.882. The fourth-order valence-corrected chi connectivity index (χ4v) is 3.50. The van der Waals surface area contributed by atoms with Gasteiger partial charge in [-0.2, -0.15) is 0 Å². The molecule has 0 spiro atoms. The molecule has 120 valence electrons. The molecule has 2 saturated heterocycles. The molecule has 1 atom stereocenters. The average molecular weight is 294 g/mol. The average Bonchev–Trinajstić information content (AvgIpc) is 2.47. The van der Waals surface area contributed by atoms with Gasteiger partial charge in [0.1, 0.15) is 0 Å². The first-order chi connectivity index (χ1) is 10.2. The Kier molecular flexibility index (Phi) is 6.52. The van der Waals surface area contributed by atoms with Gasteiger partial charge in [-0.1, -0.05) is 26.2 Å². The Labute approximate surface area is 128 Å². The van der Waals surface area contributed by atoms with Gasteiger partial charge in [0.25, 0.3) is 0 Å². The third kappa shape index (κ3) is 4.72. The van der Waals surface area contributed by atoms with Crippen molar-refractivity contribution in [1.29, 1.82) is 0 Å². The normalized spacial score (nSPS) is 24.3. The Morgan fingerprint density at radius 1 is 0.905 bits per heavy atom. The van der Waals surface area contributed by atoms with Crippen LogP contribution in [-0.2, 0) is 9.59 Å². The van der Waals surface area contributed by atoms with Gasteiger partial charge in [0.05, 0.1) is 5.92 Å². The Balaban J connectivity index is 1.89. The van der Waals surface area contributed by atoms with Crippen LogP contribution < -0.4 is 0 Å². The molecule has 2 aliphatic rings. The van der Waals surface area contributed by atoms with Gasteiger partial charge >= 0.3 is 0 Å². The molecule has 2 amide bonds. The molecule has 0 aromatic rings. The second-order valence-corrected chi connectivity index (χ2v) is 6.52. The number of hydrogen-bond donors (Lipinski definition) is 0. The van der Waals surface area contributed by atoms with Crippen molar-refractivity contribution in [2.24, 2.45) is 5.92 Å². The lowest BCUT2D eigenvalue weighted by Gasteiger charge is -2.35. The molecular formula is C17H30N2O2. The molecule has 0 bridgehead atoms. The fourth-order valence-electron chi connectivity index (χ4n) is 3.50. The summed E-state index contributed by atoms with van der Waals surface area (Å²) in [6, 6.07) is 0. The minimum atomic E-state index is 0.0407. The summed E-state index contributed by atoms with van der Waals surface area (Å²) >= 11 is 0. The van der Waals surface area contributed by atoms with Crippen LogP contribution in [0.5, 0.6) is 0 Å². The Morgan fingerprint density at radius 2 is 1.52 bits per heavy atom. The number of nitrogens with zero attached hydrogens (tertiary/aromatic N) is 2. The van der Waals surface area contributed by atoms with Crippen LogP contribution in [0, 0.1) is 5.92 Å². The van der Waals surface area contributed by atoms with Crippen molar-refractivity contribution in [3.05, 3.63) is 0 Å². The highest BCUT2D eigenvalue weighted by molar-refractivity contribution is 5.81. The molecule has 4 heteroatoms. The van der Waals surface area contributed by atoms with Crippen molar-refractivity contribution in [2.45, 2.75) is 64.7 Å². The standard InChI is InChI=1S/C17H30N2O2/c1-2-9-16(20)19-13-8-10-15(14-19)17(21)18-11-6-4-3-5-7-12-18/h15H,2-14H2,1H3. The van der Waals surface area contributed by atoms with Crippen LogP contribution in [0.4, 0.5) is 0 Å². The zero-order chi connectivity index (χ0) is 15.1. The van der Waals surface area contributed by atoms with E-state index < -0.39 is 0 Å². The van der Waals surface area contributed by atoms with Crippen LogP contribution in [0.3, 0.4) is 0 Å². The molecule has 2 rings (SSSR count). The predicted molar refractivity (Wildman–Crippen MR) is 83.9 cm³/mol. The van der Waals surface area contributed by atoms with Crippen molar-refractivity contribution in [2.75, 3.05) is 26.2 Å². The third-order valence-corrected chi connectivity index (χ3v) is 4.75. The maximum atomic E-state index is 12.7. The van der Waals surface area contributed by atoms with Gasteiger partial charge in [0.2, 0.25) is 11.8 Å². The summed E-state index contributed by atoms with van der Waals surface area (Å²) < 4.78 is 0. The van der Waals surface area contributed by atoms with E-state index in [1.807, 2.05) is 11.8 Å². The summed E-state index contributed by atoms with van der Waals surface area (Å²) in [5.74, 6) is 0.563. The van der Waals surface area contributed by atoms with Crippen LogP contribution in [0.2, 0.25) is 0 Å². The van der Waals surface area contributed by atoms with Crippen molar-refractivity contribution in [3.63, 3.8) is 0 Å². The highest BCUT2D eigenvalue weighted by Gasteiger charge is 2.30. The van der Waals surface area contributed by atoms with Gasteiger partial charge in [-0.3, -0.25) is 9.59 Å². The van der Waals surface area contributed by atoms with E-state index in [1.54, 1.807) is 0 Å². The van der Waals surface area contributed by atoms with Crippen molar-refractivity contribution in [1.82, 2.24) is 9.80 Å². The number of amides is 2. The largest absolute Gasteiger partial charge is 0.342 e. The van der Waals surface area contributed by atoms with Gasteiger partial charge in [-0.25, -0.2) is 0 Å². The Morgan fingerprint density at radius 3 is 2.19 bits per heavy atom. The van der Waals surface area contributed by atoms with Crippen LogP contribution in [0.25, 0.3) is 0 Å². The quantitative estimate of drug-likeness (QED) is 0.803. The van der Waals surface area contributed by atoms with E-state index in [0.29, 0.717) is 18.9 Å². The van der Waals surface area contributed by atoms with E-state index in [2.05, 4.69) is 4.90 Å². The summed E-state index contributed by atoms with van der Waals surface area (Å²) in [5, 5.41) is 0. The van der Waals surface area contributed by atoms with Crippen molar-refractivity contribution in [3.8, 4) is 0 Å². The number of piperidine rings is 1. The Bertz CT molecular complexity index is 349. The lowest BCUT2D eigenvalue weighted by molar-refractivity contribution is -0.141. The van der Waals surface area contributed by atoms with E-state index >= 15 is 0 Å². The van der Waals surface area contributed by atoms with Crippen molar-refractivity contribution < 1.29 is 9.59 Å². The number of carbonyl (C=O) groups is 2. The maximum Gasteiger partial charge on any atom is 0.227 e. The number of likely N-dealkylation sites (tertiary alicyclic amines) is 2. The minimum absolute atomic E-state index is 0.0407. The van der Waals surface area contributed by atoms with Gasteiger partial charge < -0.3 is 9.80 Å².